The summed E-state index contributed by atoms with van der Waals surface area (Å²) in [4.78, 5) is 3.96. The molecule has 0 amide bonds. The predicted octanol–water partition coefficient (Wildman–Crippen LogP) is 3.10. The Morgan fingerprint density at radius 1 is 1.28 bits per heavy atom. The predicted molar refractivity (Wildman–Crippen MR) is 59.4 cm³/mol. The standard InChI is InChI=1S/C11H11F4N3/c12-7-2-3-8-9(6-7)18(10(16)17-8)5-1-4-11(13,14)15/h2-3,6H,1,4-5H2,(H2,16,17). The number of hydrogen-bond donors (Lipinski definition) is 1. The number of imidazole rings is 1. The SMILES string of the molecule is Nc1nc2ccc(F)cc2n1CCCC(F)(F)F. The first-order valence-electron chi connectivity index (χ1n) is 5.35. The van der Waals surface area contributed by atoms with Crippen LogP contribution < -0.4 is 5.73 Å². The minimum Gasteiger partial charge on any atom is -0.369 e. The third-order valence-electron chi connectivity index (χ3n) is 2.58. The summed E-state index contributed by atoms with van der Waals surface area (Å²) in [6, 6.07) is 3.89. The molecule has 18 heavy (non-hydrogen) atoms. The van der Waals surface area contributed by atoms with E-state index < -0.39 is 18.4 Å². The minimum absolute atomic E-state index is 0.0608. The van der Waals surface area contributed by atoms with Crippen LogP contribution in [0.4, 0.5) is 23.5 Å². The van der Waals surface area contributed by atoms with Crippen molar-refractivity contribution in [2.75, 3.05) is 5.73 Å². The molecular formula is C11H11F4N3. The number of alkyl halides is 3. The Morgan fingerprint density at radius 3 is 2.67 bits per heavy atom. The summed E-state index contributed by atoms with van der Waals surface area (Å²) >= 11 is 0. The summed E-state index contributed by atoms with van der Waals surface area (Å²) in [5, 5.41) is 0. The number of aromatic nitrogens is 2. The fraction of sp³-hybridized carbons (Fsp3) is 0.364. The van der Waals surface area contributed by atoms with E-state index >= 15 is 0 Å². The first-order chi connectivity index (χ1) is 8.37. The van der Waals surface area contributed by atoms with Crippen molar-refractivity contribution in [2.45, 2.75) is 25.6 Å². The molecule has 7 heteroatoms. The van der Waals surface area contributed by atoms with E-state index in [4.69, 9.17) is 5.73 Å². The molecule has 0 bridgehead atoms. The van der Waals surface area contributed by atoms with Gasteiger partial charge in [0.05, 0.1) is 11.0 Å². The summed E-state index contributed by atoms with van der Waals surface area (Å²) in [5.41, 5.74) is 6.49. The Kier molecular flexibility index (Phi) is 3.14. The number of benzene rings is 1. The van der Waals surface area contributed by atoms with Crippen LogP contribution in [-0.2, 0) is 6.54 Å². The number of rotatable bonds is 3. The van der Waals surface area contributed by atoms with Crippen molar-refractivity contribution in [1.29, 1.82) is 0 Å². The van der Waals surface area contributed by atoms with Crippen molar-refractivity contribution >= 4 is 17.0 Å². The largest absolute Gasteiger partial charge is 0.389 e. The van der Waals surface area contributed by atoms with Gasteiger partial charge in [-0.25, -0.2) is 9.37 Å². The van der Waals surface area contributed by atoms with Crippen LogP contribution in [0.15, 0.2) is 18.2 Å². The quantitative estimate of drug-likeness (QED) is 0.863. The molecule has 0 aliphatic heterocycles. The average molecular weight is 261 g/mol. The van der Waals surface area contributed by atoms with Crippen LogP contribution >= 0.6 is 0 Å². The molecule has 0 saturated heterocycles. The lowest BCUT2D eigenvalue weighted by atomic mass is 10.2. The molecule has 0 unspecified atom stereocenters. The molecular weight excluding hydrogens is 250 g/mol. The number of anilines is 1. The van der Waals surface area contributed by atoms with Crippen LogP contribution in [0.3, 0.4) is 0 Å². The maximum atomic E-state index is 13.1. The summed E-state index contributed by atoms with van der Waals surface area (Å²) in [6.45, 7) is 0.0608. The van der Waals surface area contributed by atoms with Crippen molar-refractivity contribution in [3.05, 3.63) is 24.0 Å². The molecule has 3 nitrogen and oxygen atoms in total. The van der Waals surface area contributed by atoms with E-state index in [0.29, 0.717) is 11.0 Å². The highest BCUT2D eigenvalue weighted by atomic mass is 19.4. The molecule has 0 fully saturated rings. The number of hydrogen-bond acceptors (Lipinski definition) is 2. The third kappa shape index (κ3) is 2.72. The molecule has 2 aromatic rings. The normalized spacial score (nSPS) is 12.2. The Labute approximate surface area is 100 Å². The molecule has 0 radical (unpaired) electrons. The molecule has 2 rings (SSSR count). The van der Waals surface area contributed by atoms with Crippen LogP contribution in [0.2, 0.25) is 0 Å². The van der Waals surface area contributed by atoms with Crippen molar-refractivity contribution in [2.24, 2.45) is 0 Å². The topological polar surface area (TPSA) is 43.8 Å². The zero-order valence-corrected chi connectivity index (χ0v) is 9.34. The first-order valence-corrected chi connectivity index (χ1v) is 5.35. The van der Waals surface area contributed by atoms with E-state index in [2.05, 4.69) is 4.98 Å². The van der Waals surface area contributed by atoms with Gasteiger partial charge in [0.15, 0.2) is 0 Å². The van der Waals surface area contributed by atoms with Crippen LogP contribution in [0, 0.1) is 5.82 Å². The Balaban J connectivity index is 2.22. The molecule has 0 saturated carbocycles. The van der Waals surface area contributed by atoms with Gasteiger partial charge in [0.25, 0.3) is 0 Å². The average Bonchev–Trinajstić information content (AvgIpc) is 2.54. The Bertz CT molecular complexity index is 559. The molecule has 1 aromatic heterocycles. The third-order valence-corrected chi connectivity index (χ3v) is 2.58. The van der Waals surface area contributed by atoms with Gasteiger partial charge >= 0.3 is 6.18 Å². The number of nitrogens with zero attached hydrogens (tertiary/aromatic N) is 2. The number of nitrogen functional groups attached to an aromatic ring is 1. The van der Waals surface area contributed by atoms with Gasteiger partial charge in [0.2, 0.25) is 5.95 Å². The Hall–Kier alpha value is -1.79. The summed E-state index contributed by atoms with van der Waals surface area (Å²) in [5.74, 6) is -0.378. The number of nitrogens with two attached hydrogens (primary N) is 1. The van der Waals surface area contributed by atoms with E-state index in [1.807, 2.05) is 0 Å². The molecule has 0 atom stereocenters. The summed E-state index contributed by atoms with van der Waals surface area (Å²) in [7, 11) is 0. The molecule has 1 heterocycles. The molecule has 2 N–H and O–H groups in total. The molecule has 1 aromatic carbocycles. The first kappa shape index (κ1) is 12.7. The highest BCUT2D eigenvalue weighted by Gasteiger charge is 2.26. The number of fused-ring (bicyclic) bond motifs is 1. The summed E-state index contributed by atoms with van der Waals surface area (Å²) < 4.78 is 50.6. The Morgan fingerprint density at radius 2 is 2.00 bits per heavy atom. The minimum atomic E-state index is -4.20. The van der Waals surface area contributed by atoms with Gasteiger partial charge in [-0.3, -0.25) is 0 Å². The second-order valence-corrected chi connectivity index (χ2v) is 3.97. The van der Waals surface area contributed by atoms with E-state index in [0.717, 1.165) is 0 Å². The van der Waals surface area contributed by atoms with Crippen molar-refractivity contribution < 1.29 is 17.6 Å². The van der Waals surface area contributed by atoms with Gasteiger partial charge in [-0.15, -0.1) is 0 Å². The zero-order chi connectivity index (χ0) is 13.3. The van der Waals surface area contributed by atoms with Crippen LogP contribution in [0.1, 0.15) is 12.8 Å². The lowest BCUT2D eigenvalue weighted by molar-refractivity contribution is -0.135. The van der Waals surface area contributed by atoms with Gasteiger partial charge in [-0.05, 0) is 24.6 Å². The highest BCUT2D eigenvalue weighted by Crippen LogP contribution is 2.24. The number of halogens is 4. The van der Waals surface area contributed by atoms with E-state index in [1.54, 1.807) is 0 Å². The second kappa shape index (κ2) is 4.47. The maximum Gasteiger partial charge on any atom is 0.389 e. The fourth-order valence-electron chi connectivity index (χ4n) is 1.79. The smallest absolute Gasteiger partial charge is 0.369 e. The van der Waals surface area contributed by atoms with Crippen LogP contribution in [0.25, 0.3) is 11.0 Å². The lowest BCUT2D eigenvalue weighted by Gasteiger charge is -2.08. The lowest BCUT2D eigenvalue weighted by Crippen LogP contribution is -2.10. The fourth-order valence-corrected chi connectivity index (χ4v) is 1.79. The molecule has 0 spiro atoms. The second-order valence-electron chi connectivity index (χ2n) is 3.97. The number of aryl methyl sites for hydroxylation is 1. The van der Waals surface area contributed by atoms with Gasteiger partial charge in [0.1, 0.15) is 5.82 Å². The molecule has 98 valence electrons. The van der Waals surface area contributed by atoms with E-state index in [-0.39, 0.29) is 18.9 Å². The van der Waals surface area contributed by atoms with Crippen molar-refractivity contribution in [3.63, 3.8) is 0 Å². The van der Waals surface area contributed by atoms with Gasteiger partial charge < -0.3 is 10.3 Å². The van der Waals surface area contributed by atoms with Gasteiger partial charge in [0, 0.05) is 13.0 Å². The van der Waals surface area contributed by atoms with Gasteiger partial charge in [-0.2, -0.15) is 13.2 Å². The monoisotopic (exact) mass is 261 g/mol. The van der Waals surface area contributed by atoms with E-state index in [1.165, 1.54) is 22.8 Å². The van der Waals surface area contributed by atoms with Crippen molar-refractivity contribution in [1.82, 2.24) is 9.55 Å². The zero-order valence-electron chi connectivity index (χ0n) is 9.34. The maximum absolute atomic E-state index is 13.1. The molecule has 0 aliphatic carbocycles. The van der Waals surface area contributed by atoms with E-state index in [9.17, 15) is 17.6 Å². The molecule has 0 aliphatic rings. The van der Waals surface area contributed by atoms with Crippen LogP contribution in [0.5, 0.6) is 0 Å². The summed E-state index contributed by atoms with van der Waals surface area (Å²) in [6.07, 6.45) is -5.21. The van der Waals surface area contributed by atoms with Crippen LogP contribution in [-0.4, -0.2) is 15.7 Å². The van der Waals surface area contributed by atoms with Crippen molar-refractivity contribution in [3.8, 4) is 0 Å². The van der Waals surface area contributed by atoms with Gasteiger partial charge in [-0.1, -0.05) is 0 Å². The highest BCUT2D eigenvalue weighted by molar-refractivity contribution is 5.78.